The summed E-state index contributed by atoms with van der Waals surface area (Å²) in [4.78, 5) is 2.20. The van der Waals surface area contributed by atoms with Gasteiger partial charge in [0.2, 0.25) is 0 Å². The highest BCUT2D eigenvalue weighted by Crippen LogP contribution is 2.47. The lowest BCUT2D eigenvalue weighted by atomic mass is 9.98. The Bertz CT molecular complexity index is 1370. The second-order valence-electron chi connectivity index (χ2n) is 9.52. The molecule has 6 rings (SSSR count). The van der Waals surface area contributed by atoms with E-state index in [0.717, 1.165) is 31.4 Å². The summed E-state index contributed by atoms with van der Waals surface area (Å²) in [6, 6.07) is 11.9. The van der Waals surface area contributed by atoms with Crippen molar-refractivity contribution in [3.8, 4) is 17.3 Å². The maximum Gasteiger partial charge on any atom is 0.145 e. The quantitative estimate of drug-likeness (QED) is 0.347. The molecule has 0 amide bonds. The minimum absolute atomic E-state index is 0.0251. The number of ether oxygens (including phenoxy) is 1. The maximum atomic E-state index is 14.3. The zero-order valence-corrected chi connectivity index (χ0v) is 20.3. The molecule has 180 valence electrons. The third kappa shape index (κ3) is 4.20. The van der Waals surface area contributed by atoms with Gasteiger partial charge in [-0.05, 0) is 68.9 Å². The van der Waals surface area contributed by atoms with Crippen LogP contribution in [0.4, 0.5) is 10.1 Å². The first-order valence-corrected chi connectivity index (χ1v) is 12.6. The summed E-state index contributed by atoms with van der Waals surface area (Å²) in [5, 5.41) is 14.0. The lowest BCUT2D eigenvalue weighted by Crippen LogP contribution is -2.45. The van der Waals surface area contributed by atoms with Gasteiger partial charge in [-0.1, -0.05) is 34.4 Å². The van der Waals surface area contributed by atoms with Gasteiger partial charge >= 0.3 is 0 Å². The summed E-state index contributed by atoms with van der Waals surface area (Å²) in [6.45, 7) is -2.18. The van der Waals surface area contributed by atoms with Gasteiger partial charge in [0.05, 0.1) is 31.0 Å². The van der Waals surface area contributed by atoms with Gasteiger partial charge in [0, 0.05) is 34.8 Å². The van der Waals surface area contributed by atoms with Crippen molar-refractivity contribution in [1.82, 2.24) is 5.16 Å². The zero-order chi connectivity index (χ0) is 25.9. The SMILES string of the molecule is [2H]C([2H])(OC1C[C@H]2CC[C@@H](C1)N2c1ccc(C#N)c(F)c1)c1c(-c2c(Cl)cccc2Cl)noc1C1CC1. The van der Waals surface area contributed by atoms with Gasteiger partial charge in [-0.2, -0.15) is 5.26 Å². The molecule has 1 unspecified atom stereocenters. The van der Waals surface area contributed by atoms with Crippen molar-refractivity contribution in [3.63, 3.8) is 0 Å². The van der Waals surface area contributed by atoms with Crippen LogP contribution in [0, 0.1) is 17.1 Å². The Balaban J connectivity index is 1.28. The molecule has 3 fully saturated rings. The Hall–Kier alpha value is -2.59. The number of piperidine rings is 1. The Morgan fingerprint density at radius 3 is 2.49 bits per heavy atom. The summed E-state index contributed by atoms with van der Waals surface area (Å²) in [6.07, 6.45) is 4.48. The summed E-state index contributed by atoms with van der Waals surface area (Å²) >= 11 is 12.9. The molecule has 1 saturated carbocycles. The number of hydrogen-bond donors (Lipinski definition) is 0. The molecule has 2 aromatic carbocycles. The van der Waals surface area contributed by atoms with E-state index in [0.29, 0.717) is 34.2 Å². The van der Waals surface area contributed by atoms with E-state index in [2.05, 4.69) is 10.1 Å². The van der Waals surface area contributed by atoms with Gasteiger partial charge in [0.15, 0.2) is 0 Å². The van der Waals surface area contributed by atoms with Crippen molar-refractivity contribution >= 4 is 28.9 Å². The largest absolute Gasteiger partial charge is 0.373 e. The van der Waals surface area contributed by atoms with Gasteiger partial charge in [-0.25, -0.2) is 4.39 Å². The van der Waals surface area contributed by atoms with Gasteiger partial charge in [0.25, 0.3) is 0 Å². The number of nitriles is 1. The normalized spacial score (nSPS) is 24.7. The van der Waals surface area contributed by atoms with E-state index in [1.54, 1.807) is 24.3 Å². The number of aromatic nitrogens is 1. The van der Waals surface area contributed by atoms with E-state index in [4.69, 9.17) is 40.5 Å². The Morgan fingerprint density at radius 2 is 1.86 bits per heavy atom. The van der Waals surface area contributed by atoms with Crippen LogP contribution in [0.15, 0.2) is 40.9 Å². The van der Waals surface area contributed by atoms with Crippen molar-refractivity contribution in [2.24, 2.45) is 0 Å². The first kappa shape index (κ1) is 20.6. The lowest BCUT2D eigenvalue weighted by molar-refractivity contribution is 0.0147. The average molecular weight is 514 g/mol. The Labute approximate surface area is 216 Å². The molecule has 8 heteroatoms. The second-order valence-corrected chi connectivity index (χ2v) is 10.3. The van der Waals surface area contributed by atoms with Crippen LogP contribution in [-0.4, -0.2) is 23.3 Å². The number of halogens is 3. The molecule has 35 heavy (non-hydrogen) atoms. The fraction of sp³-hybridized carbons (Fsp3) is 0.407. The third-order valence-electron chi connectivity index (χ3n) is 7.25. The highest BCUT2D eigenvalue weighted by Gasteiger charge is 2.42. The molecule has 1 aromatic heterocycles. The highest BCUT2D eigenvalue weighted by molar-refractivity contribution is 6.39. The first-order valence-electron chi connectivity index (χ1n) is 12.9. The number of anilines is 1. The van der Waals surface area contributed by atoms with Crippen molar-refractivity contribution in [2.75, 3.05) is 4.90 Å². The van der Waals surface area contributed by atoms with Crippen LogP contribution in [0.1, 0.15) is 64.1 Å². The van der Waals surface area contributed by atoms with E-state index < -0.39 is 12.4 Å². The molecule has 0 radical (unpaired) electrons. The smallest absolute Gasteiger partial charge is 0.145 e. The van der Waals surface area contributed by atoms with Gasteiger partial charge in [0.1, 0.15) is 23.3 Å². The van der Waals surface area contributed by atoms with Crippen molar-refractivity contribution in [1.29, 1.82) is 5.26 Å². The maximum absolute atomic E-state index is 14.3. The van der Waals surface area contributed by atoms with Crippen molar-refractivity contribution < 1.29 is 16.4 Å². The number of nitrogens with zero attached hydrogens (tertiary/aromatic N) is 3. The van der Waals surface area contributed by atoms with Crippen LogP contribution in [0.3, 0.4) is 0 Å². The number of hydrogen-bond acceptors (Lipinski definition) is 5. The molecule has 3 aromatic rings. The summed E-state index contributed by atoms with van der Waals surface area (Å²) < 4.78 is 44.2. The molecular formula is C27H24Cl2FN3O2. The zero-order valence-electron chi connectivity index (χ0n) is 20.8. The molecule has 1 aliphatic carbocycles. The van der Waals surface area contributed by atoms with Crippen LogP contribution >= 0.6 is 23.2 Å². The fourth-order valence-corrected chi connectivity index (χ4v) is 6.04. The second kappa shape index (κ2) is 9.13. The van der Waals surface area contributed by atoms with Crippen molar-refractivity contribution in [3.05, 3.63) is 69.1 Å². The molecule has 2 saturated heterocycles. The number of benzene rings is 2. The van der Waals surface area contributed by atoms with Crippen molar-refractivity contribution in [2.45, 2.75) is 69.2 Å². The Kier molecular flexibility index (Phi) is 5.37. The predicted molar refractivity (Wildman–Crippen MR) is 132 cm³/mol. The molecular weight excluding hydrogens is 488 g/mol. The average Bonchev–Trinajstić information content (AvgIpc) is 3.54. The minimum Gasteiger partial charge on any atom is -0.373 e. The minimum atomic E-state index is -2.18. The standard InChI is InChI=1S/C27H24Cl2FN3O2/c28-22-2-1-3-23(29)25(22)26-21(27(35-32-26)15-4-5-15)14-34-20-10-17-8-9-18(11-20)33(17)19-7-6-16(13-31)24(30)12-19/h1-3,6-7,12,15,17-18,20H,4-5,8-11,14H2/t17-,18+,20?/i14D2. The molecule has 2 aliphatic heterocycles. The number of fused-ring (bicyclic) bond motifs is 2. The van der Waals surface area contributed by atoms with Crippen LogP contribution in [-0.2, 0) is 11.3 Å². The van der Waals surface area contributed by atoms with E-state index >= 15 is 0 Å². The lowest BCUT2D eigenvalue weighted by Gasteiger charge is -2.40. The molecule has 2 bridgehead atoms. The van der Waals surface area contributed by atoms with Gasteiger partial charge in [-0.15, -0.1) is 0 Å². The van der Waals surface area contributed by atoms with Crippen LogP contribution in [0.2, 0.25) is 10.0 Å². The summed E-state index contributed by atoms with van der Waals surface area (Å²) in [5.74, 6) is 0.0601. The molecule has 3 atom stereocenters. The highest BCUT2D eigenvalue weighted by atomic mass is 35.5. The molecule has 5 nitrogen and oxygen atoms in total. The molecule has 3 aliphatic rings. The van der Waals surface area contributed by atoms with Gasteiger partial charge < -0.3 is 14.2 Å². The first-order chi connectivity index (χ1) is 17.8. The van der Waals surface area contributed by atoms with E-state index in [-0.39, 0.29) is 40.9 Å². The van der Waals surface area contributed by atoms with Crippen LogP contribution in [0.25, 0.3) is 11.3 Å². The van der Waals surface area contributed by atoms with E-state index in [1.165, 1.54) is 12.1 Å². The molecule has 0 N–H and O–H groups in total. The topological polar surface area (TPSA) is 62.3 Å². The summed E-state index contributed by atoms with van der Waals surface area (Å²) in [5.41, 5.74) is 1.74. The van der Waals surface area contributed by atoms with Gasteiger partial charge in [-0.3, -0.25) is 0 Å². The van der Waals surface area contributed by atoms with Crippen LogP contribution in [0.5, 0.6) is 0 Å². The third-order valence-corrected chi connectivity index (χ3v) is 7.88. The number of rotatable bonds is 6. The molecule has 3 heterocycles. The fourth-order valence-electron chi connectivity index (χ4n) is 5.46. The van der Waals surface area contributed by atoms with E-state index in [9.17, 15) is 4.39 Å². The van der Waals surface area contributed by atoms with E-state index in [1.807, 2.05) is 6.07 Å². The molecule has 0 spiro atoms. The Morgan fingerprint density at radius 1 is 1.14 bits per heavy atom. The van der Waals surface area contributed by atoms with Crippen LogP contribution < -0.4 is 4.90 Å². The predicted octanol–water partition coefficient (Wildman–Crippen LogP) is 7.25. The monoisotopic (exact) mass is 513 g/mol. The summed E-state index contributed by atoms with van der Waals surface area (Å²) in [7, 11) is 0.